The second-order valence-electron chi connectivity index (χ2n) is 6.41. The Morgan fingerprint density at radius 2 is 1.92 bits per heavy atom. The predicted molar refractivity (Wildman–Crippen MR) is 94.3 cm³/mol. The van der Waals surface area contributed by atoms with Gasteiger partial charge in [0, 0.05) is 32.7 Å². The van der Waals surface area contributed by atoms with Gasteiger partial charge in [0.2, 0.25) is 11.8 Å². The number of piperazine rings is 1. The second-order valence-corrected chi connectivity index (χ2v) is 6.41. The van der Waals surface area contributed by atoms with Gasteiger partial charge in [-0.15, -0.1) is 0 Å². The molecule has 2 aliphatic heterocycles. The fourth-order valence-electron chi connectivity index (χ4n) is 3.35. The zero-order chi connectivity index (χ0) is 16.8. The summed E-state index contributed by atoms with van der Waals surface area (Å²) in [5.74, 6) is 0.0773. The van der Waals surface area contributed by atoms with E-state index in [0.717, 1.165) is 38.0 Å². The van der Waals surface area contributed by atoms with Crippen LogP contribution in [0.1, 0.15) is 24.8 Å². The number of rotatable bonds is 5. The quantitative estimate of drug-likeness (QED) is 0.892. The fourth-order valence-corrected chi connectivity index (χ4v) is 3.35. The summed E-state index contributed by atoms with van der Waals surface area (Å²) < 4.78 is 0. The second kappa shape index (κ2) is 8.11. The molecule has 1 aromatic rings. The molecule has 5 nitrogen and oxygen atoms in total. The van der Waals surface area contributed by atoms with Gasteiger partial charge in [-0.25, -0.2) is 0 Å². The lowest BCUT2D eigenvalue weighted by Gasteiger charge is -2.34. The Labute approximate surface area is 143 Å². The van der Waals surface area contributed by atoms with Crippen LogP contribution in [-0.4, -0.2) is 60.4 Å². The number of hydrogen-bond acceptors (Lipinski definition) is 3. The highest BCUT2D eigenvalue weighted by Crippen LogP contribution is 2.15. The normalized spacial score (nSPS) is 22.1. The van der Waals surface area contributed by atoms with E-state index in [1.807, 2.05) is 35.2 Å². The lowest BCUT2D eigenvalue weighted by atomic mass is 10.1. The molecule has 0 bridgehead atoms. The summed E-state index contributed by atoms with van der Waals surface area (Å²) >= 11 is 0. The molecule has 0 saturated carbocycles. The molecule has 1 unspecified atom stereocenters. The number of carbonyl (C=O) groups is 2. The first kappa shape index (κ1) is 16.7. The molecule has 5 heteroatoms. The number of nitrogens with zero attached hydrogens (tertiary/aromatic N) is 2. The highest BCUT2D eigenvalue weighted by molar-refractivity contribution is 5.89. The van der Waals surface area contributed by atoms with Crippen molar-refractivity contribution in [2.75, 3.05) is 32.7 Å². The third-order valence-electron chi connectivity index (χ3n) is 4.72. The number of benzene rings is 1. The van der Waals surface area contributed by atoms with Gasteiger partial charge in [0.25, 0.3) is 0 Å². The minimum Gasteiger partial charge on any atom is -0.353 e. The van der Waals surface area contributed by atoms with Crippen molar-refractivity contribution in [3.05, 3.63) is 42.0 Å². The van der Waals surface area contributed by atoms with Crippen LogP contribution in [0, 0.1) is 0 Å². The van der Waals surface area contributed by atoms with E-state index >= 15 is 0 Å². The molecule has 1 atom stereocenters. The van der Waals surface area contributed by atoms with Gasteiger partial charge in [0.1, 0.15) is 0 Å². The Hall–Kier alpha value is -2.14. The number of nitrogens with one attached hydrogen (secondary N) is 1. The van der Waals surface area contributed by atoms with Crippen molar-refractivity contribution in [3.8, 4) is 0 Å². The van der Waals surface area contributed by atoms with Crippen LogP contribution in [-0.2, 0) is 9.59 Å². The molecule has 1 N–H and O–H groups in total. The standard InChI is InChI=1S/C19H25N3O2/c23-18(22-11-4-5-12-22)15-17-19(24)20-10-14-21(17)13-6-9-16-7-2-1-3-8-16/h1-3,6-9,17H,4-5,10-15H2,(H,20,24)/b9-6+. The van der Waals surface area contributed by atoms with Crippen molar-refractivity contribution < 1.29 is 9.59 Å². The SMILES string of the molecule is O=C1NCCN(C/C=C/c2ccccc2)C1CC(=O)N1CCCC1. The average molecular weight is 327 g/mol. The van der Waals surface area contributed by atoms with Gasteiger partial charge in [-0.2, -0.15) is 0 Å². The zero-order valence-corrected chi connectivity index (χ0v) is 14.0. The maximum atomic E-state index is 12.4. The summed E-state index contributed by atoms with van der Waals surface area (Å²) in [5, 5.41) is 2.89. The first-order valence-corrected chi connectivity index (χ1v) is 8.75. The van der Waals surface area contributed by atoms with Crippen molar-refractivity contribution in [3.63, 3.8) is 0 Å². The molecular formula is C19H25N3O2. The highest BCUT2D eigenvalue weighted by Gasteiger charge is 2.32. The minimum absolute atomic E-state index is 0.0260. The van der Waals surface area contributed by atoms with E-state index in [2.05, 4.69) is 22.4 Å². The van der Waals surface area contributed by atoms with Crippen LogP contribution >= 0.6 is 0 Å². The molecule has 1 aromatic carbocycles. The molecule has 2 amide bonds. The molecule has 2 aliphatic rings. The van der Waals surface area contributed by atoms with Gasteiger partial charge in [-0.1, -0.05) is 42.5 Å². The molecule has 0 aromatic heterocycles. The van der Waals surface area contributed by atoms with Crippen LogP contribution < -0.4 is 5.32 Å². The van der Waals surface area contributed by atoms with Crippen molar-refractivity contribution in [1.29, 1.82) is 0 Å². The Morgan fingerprint density at radius 3 is 2.67 bits per heavy atom. The zero-order valence-electron chi connectivity index (χ0n) is 14.0. The summed E-state index contributed by atoms with van der Waals surface area (Å²) in [5.41, 5.74) is 1.14. The summed E-state index contributed by atoms with van der Waals surface area (Å²) in [6.45, 7) is 3.78. The number of likely N-dealkylation sites (tertiary alicyclic amines) is 1. The molecule has 2 heterocycles. The van der Waals surface area contributed by atoms with Crippen molar-refractivity contribution in [1.82, 2.24) is 15.1 Å². The van der Waals surface area contributed by atoms with Gasteiger partial charge in [-0.3, -0.25) is 14.5 Å². The third-order valence-corrected chi connectivity index (χ3v) is 4.72. The molecule has 0 spiro atoms. The molecule has 0 radical (unpaired) electrons. The Bertz CT molecular complexity index is 594. The maximum Gasteiger partial charge on any atom is 0.237 e. The maximum absolute atomic E-state index is 12.4. The lowest BCUT2D eigenvalue weighted by Crippen LogP contribution is -2.56. The van der Waals surface area contributed by atoms with Gasteiger partial charge in [0.15, 0.2) is 0 Å². The van der Waals surface area contributed by atoms with Crippen LogP contribution in [0.25, 0.3) is 6.08 Å². The van der Waals surface area contributed by atoms with Crippen LogP contribution in [0.4, 0.5) is 0 Å². The minimum atomic E-state index is -0.354. The summed E-state index contributed by atoms with van der Waals surface area (Å²) in [6.07, 6.45) is 6.57. The van der Waals surface area contributed by atoms with Crippen molar-refractivity contribution >= 4 is 17.9 Å². The van der Waals surface area contributed by atoms with Crippen molar-refractivity contribution in [2.24, 2.45) is 0 Å². The van der Waals surface area contributed by atoms with E-state index in [1.54, 1.807) is 0 Å². The molecule has 24 heavy (non-hydrogen) atoms. The van der Waals surface area contributed by atoms with Gasteiger partial charge in [0.05, 0.1) is 12.5 Å². The fraction of sp³-hybridized carbons (Fsp3) is 0.474. The Morgan fingerprint density at radius 1 is 1.17 bits per heavy atom. The van der Waals surface area contributed by atoms with Crippen LogP contribution in [0.15, 0.2) is 36.4 Å². The number of hydrogen-bond donors (Lipinski definition) is 1. The molecular weight excluding hydrogens is 302 g/mol. The van der Waals surface area contributed by atoms with Crippen molar-refractivity contribution in [2.45, 2.75) is 25.3 Å². The smallest absolute Gasteiger partial charge is 0.237 e. The average Bonchev–Trinajstić information content (AvgIpc) is 3.13. The number of amides is 2. The Balaban J connectivity index is 1.60. The van der Waals surface area contributed by atoms with Gasteiger partial charge < -0.3 is 10.2 Å². The first-order chi connectivity index (χ1) is 11.7. The van der Waals surface area contributed by atoms with E-state index in [9.17, 15) is 9.59 Å². The molecule has 3 rings (SSSR count). The summed E-state index contributed by atoms with van der Waals surface area (Å²) in [6, 6.07) is 9.75. The topological polar surface area (TPSA) is 52.7 Å². The van der Waals surface area contributed by atoms with E-state index in [4.69, 9.17) is 0 Å². The molecule has 2 fully saturated rings. The molecule has 0 aliphatic carbocycles. The largest absolute Gasteiger partial charge is 0.353 e. The summed E-state index contributed by atoms with van der Waals surface area (Å²) in [4.78, 5) is 28.6. The summed E-state index contributed by atoms with van der Waals surface area (Å²) in [7, 11) is 0. The predicted octanol–water partition coefficient (Wildman–Crippen LogP) is 1.51. The van der Waals surface area contributed by atoms with Crippen LogP contribution in [0.5, 0.6) is 0 Å². The van der Waals surface area contributed by atoms with E-state index in [1.165, 1.54) is 0 Å². The van der Waals surface area contributed by atoms with Gasteiger partial charge >= 0.3 is 0 Å². The van der Waals surface area contributed by atoms with E-state index in [-0.39, 0.29) is 24.3 Å². The molecule has 128 valence electrons. The molecule has 2 saturated heterocycles. The van der Waals surface area contributed by atoms with Crippen LogP contribution in [0.2, 0.25) is 0 Å². The van der Waals surface area contributed by atoms with E-state index < -0.39 is 0 Å². The monoisotopic (exact) mass is 327 g/mol. The third kappa shape index (κ3) is 4.23. The van der Waals surface area contributed by atoms with Crippen LogP contribution in [0.3, 0.4) is 0 Å². The highest BCUT2D eigenvalue weighted by atomic mass is 16.2. The van der Waals surface area contributed by atoms with Gasteiger partial charge in [-0.05, 0) is 18.4 Å². The van der Waals surface area contributed by atoms with E-state index in [0.29, 0.717) is 13.1 Å². The number of carbonyl (C=O) groups excluding carboxylic acids is 2. The lowest BCUT2D eigenvalue weighted by molar-refractivity contribution is -0.138. The Kier molecular flexibility index (Phi) is 5.64. The first-order valence-electron chi connectivity index (χ1n) is 8.75.